The first-order valence-corrected chi connectivity index (χ1v) is 8.56. The fourth-order valence-electron chi connectivity index (χ4n) is 2.00. The molecular weight excluding hydrogens is 244 g/mol. The van der Waals surface area contributed by atoms with Gasteiger partial charge in [0.05, 0.1) is 0 Å². The third-order valence-electron chi connectivity index (χ3n) is 3.14. The molecule has 0 bridgehead atoms. The zero-order chi connectivity index (χ0) is 13.5. The Labute approximate surface area is 117 Å². The lowest BCUT2D eigenvalue weighted by molar-refractivity contribution is -0.113. The summed E-state index contributed by atoms with van der Waals surface area (Å²) in [7, 11) is 0. The van der Waals surface area contributed by atoms with Crippen molar-refractivity contribution in [1.29, 1.82) is 0 Å². The average Bonchev–Trinajstić information content (AvgIpc) is 2.39. The molecule has 3 heteroatoms. The van der Waals surface area contributed by atoms with E-state index in [9.17, 15) is 4.79 Å². The lowest BCUT2D eigenvalue weighted by Gasteiger charge is -2.02. The number of thioether (sulfide) groups is 1. The van der Waals surface area contributed by atoms with E-state index < -0.39 is 0 Å². The van der Waals surface area contributed by atoms with Gasteiger partial charge in [0, 0.05) is 5.75 Å². The van der Waals surface area contributed by atoms with Crippen LogP contribution < -0.4 is 0 Å². The van der Waals surface area contributed by atoms with Gasteiger partial charge in [-0.1, -0.05) is 82.9 Å². The molecule has 0 unspecified atom stereocenters. The van der Waals surface area contributed by atoms with Crippen LogP contribution in [0.5, 0.6) is 0 Å². The Morgan fingerprint density at radius 1 is 0.833 bits per heavy atom. The standard InChI is InChI=1S/C15H30O2S/c1-2-3-4-5-6-7-8-9-10-11-12-13-18-15(17)14-16/h16H,2-14H2,1H3. The molecule has 2 nitrogen and oxygen atoms in total. The summed E-state index contributed by atoms with van der Waals surface area (Å²) in [6, 6.07) is 0. The number of rotatable bonds is 13. The van der Waals surface area contributed by atoms with Crippen molar-refractivity contribution in [2.75, 3.05) is 12.4 Å². The third kappa shape index (κ3) is 14.0. The molecule has 0 radical (unpaired) electrons. The van der Waals surface area contributed by atoms with E-state index in [2.05, 4.69) is 6.92 Å². The van der Waals surface area contributed by atoms with Crippen molar-refractivity contribution in [1.82, 2.24) is 0 Å². The van der Waals surface area contributed by atoms with Gasteiger partial charge in [0.15, 0.2) is 0 Å². The lowest BCUT2D eigenvalue weighted by Crippen LogP contribution is -1.98. The van der Waals surface area contributed by atoms with E-state index in [4.69, 9.17) is 5.11 Å². The van der Waals surface area contributed by atoms with Crippen molar-refractivity contribution >= 4 is 16.9 Å². The second kappa shape index (κ2) is 15.0. The van der Waals surface area contributed by atoms with Gasteiger partial charge in [-0.05, 0) is 6.42 Å². The van der Waals surface area contributed by atoms with E-state index in [-0.39, 0.29) is 11.7 Å². The molecule has 0 heterocycles. The zero-order valence-electron chi connectivity index (χ0n) is 12.0. The Bertz CT molecular complexity index is 183. The Morgan fingerprint density at radius 3 is 1.72 bits per heavy atom. The quantitative estimate of drug-likeness (QED) is 0.501. The molecule has 0 saturated heterocycles. The van der Waals surface area contributed by atoms with Crippen LogP contribution in [0, 0.1) is 0 Å². The molecule has 0 aromatic heterocycles. The predicted molar refractivity (Wildman–Crippen MR) is 81.0 cm³/mol. The van der Waals surface area contributed by atoms with Crippen LogP contribution in [0.3, 0.4) is 0 Å². The van der Waals surface area contributed by atoms with Gasteiger partial charge in [-0.25, -0.2) is 0 Å². The van der Waals surface area contributed by atoms with Gasteiger partial charge in [0.2, 0.25) is 5.12 Å². The molecule has 108 valence electrons. The second-order valence-corrected chi connectivity index (χ2v) is 6.07. The molecule has 0 rings (SSSR count). The SMILES string of the molecule is CCCCCCCCCCCCCSC(=O)CO. The van der Waals surface area contributed by atoms with Crippen LogP contribution in [-0.2, 0) is 4.79 Å². The van der Waals surface area contributed by atoms with E-state index in [0.717, 1.165) is 12.2 Å². The van der Waals surface area contributed by atoms with Crippen molar-refractivity contribution in [3.63, 3.8) is 0 Å². The molecule has 0 aromatic carbocycles. The van der Waals surface area contributed by atoms with Crippen LogP contribution in [0.25, 0.3) is 0 Å². The number of hydrogen-bond donors (Lipinski definition) is 1. The Kier molecular flexibility index (Phi) is 15.0. The van der Waals surface area contributed by atoms with Gasteiger partial charge >= 0.3 is 0 Å². The van der Waals surface area contributed by atoms with E-state index >= 15 is 0 Å². The van der Waals surface area contributed by atoms with Crippen LogP contribution in [0.15, 0.2) is 0 Å². The van der Waals surface area contributed by atoms with Gasteiger partial charge in [-0.3, -0.25) is 4.79 Å². The highest BCUT2D eigenvalue weighted by atomic mass is 32.2. The van der Waals surface area contributed by atoms with Gasteiger partial charge in [-0.2, -0.15) is 0 Å². The highest BCUT2D eigenvalue weighted by Crippen LogP contribution is 2.12. The number of carbonyl (C=O) groups excluding carboxylic acids is 1. The predicted octanol–water partition coefficient (Wildman–Crippen LogP) is 4.55. The minimum atomic E-state index is -0.317. The summed E-state index contributed by atoms with van der Waals surface area (Å²) in [6.45, 7) is 1.94. The summed E-state index contributed by atoms with van der Waals surface area (Å²) in [4.78, 5) is 10.8. The number of hydrogen-bond acceptors (Lipinski definition) is 3. The molecule has 0 atom stereocenters. The minimum absolute atomic E-state index is 0.0953. The number of aliphatic hydroxyl groups is 1. The lowest BCUT2D eigenvalue weighted by atomic mass is 10.1. The molecule has 0 amide bonds. The smallest absolute Gasteiger partial charge is 0.214 e. The average molecular weight is 274 g/mol. The maximum absolute atomic E-state index is 10.8. The molecule has 18 heavy (non-hydrogen) atoms. The Balaban J connectivity index is 2.97. The summed E-state index contributed by atoms with van der Waals surface area (Å²) >= 11 is 1.27. The fraction of sp³-hybridized carbons (Fsp3) is 0.933. The second-order valence-electron chi connectivity index (χ2n) is 4.91. The summed E-state index contributed by atoms with van der Waals surface area (Å²) < 4.78 is 0. The first-order chi connectivity index (χ1) is 8.81. The van der Waals surface area contributed by atoms with Crippen molar-refractivity contribution in [3.05, 3.63) is 0 Å². The maximum atomic E-state index is 10.8. The highest BCUT2D eigenvalue weighted by molar-refractivity contribution is 8.13. The van der Waals surface area contributed by atoms with E-state index in [0.29, 0.717) is 0 Å². The first-order valence-electron chi connectivity index (χ1n) is 7.57. The van der Waals surface area contributed by atoms with E-state index in [1.165, 1.54) is 76.0 Å². The van der Waals surface area contributed by atoms with Crippen LogP contribution in [0.2, 0.25) is 0 Å². The Hall–Kier alpha value is -0.0200. The van der Waals surface area contributed by atoms with Gasteiger partial charge in [-0.15, -0.1) is 0 Å². The topological polar surface area (TPSA) is 37.3 Å². The molecule has 0 saturated carbocycles. The summed E-state index contributed by atoms with van der Waals surface area (Å²) in [5, 5.41) is 8.45. The summed E-state index contributed by atoms with van der Waals surface area (Å²) in [6.07, 6.45) is 14.7. The number of unbranched alkanes of at least 4 members (excludes halogenated alkanes) is 10. The third-order valence-corrected chi connectivity index (χ3v) is 4.08. The monoisotopic (exact) mass is 274 g/mol. The van der Waals surface area contributed by atoms with Gasteiger partial charge in [0.25, 0.3) is 0 Å². The zero-order valence-corrected chi connectivity index (χ0v) is 12.8. The molecular formula is C15H30O2S. The molecule has 0 aliphatic heterocycles. The largest absolute Gasteiger partial charge is 0.388 e. The number of aliphatic hydroxyl groups excluding tert-OH is 1. The van der Waals surface area contributed by atoms with E-state index in [1.54, 1.807) is 0 Å². The van der Waals surface area contributed by atoms with Crippen LogP contribution in [-0.4, -0.2) is 22.6 Å². The van der Waals surface area contributed by atoms with Crippen molar-refractivity contribution in [3.8, 4) is 0 Å². The van der Waals surface area contributed by atoms with Crippen LogP contribution >= 0.6 is 11.8 Å². The summed E-state index contributed by atoms with van der Waals surface area (Å²) in [5.74, 6) is 0.871. The highest BCUT2D eigenvalue weighted by Gasteiger charge is 1.99. The van der Waals surface area contributed by atoms with Crippen LogP contribution in [0.1, 0.15) is 77.6 Å². The van der Waals surface area contributed by atoms with Crippen molar-refractivity contribution in [2.24, 2.45) is 0 Å². The minimum Gasteiger partial charge on any atom is -0.388 e. The maximum Gasteiger partial charge on any atom is 0.214 e. The molecule has 0 aromatic rings. The first kappa shape index (κ1) is 18.0. The van der Waals surface area contributed by atoms with Gasteiger partial charge in [0.1, 0.15) is 6.61 Å². The van der Waals surface area contributed by atoms with Crippen molar-refractivity contribution < 1.29 is 9.90 Å². The molecule has 0 fully saturated rings. The van der Waals surface area contributed by atoms with Crippen LogP contribution in [0.4, 0.5) is 0 Å². The molecule has 0 aliphatic carbocycles. The Morgan fingerprint density at radius 2 is 1.28 bits per heavy atom. The summed E-state index contributed by atoms with van der Waals surface area (Å²) in [5.41, 5.74) is 0. The van der Waals surface area contributed by atoms with Gasteiger partial charge < -0.3 is 5.11 Å². The molecule has 0 spiro atoms. The molecule has 1 N–H and O–H groups in total. The normalized spacial score (nSPS) is 10.8. The van der Waals surface area contributed by atoms with E-state index in [1.807, 2.05) is 0 Å². The fourth-order valence-corrected chi connectivity index (χ4v) is 2.67. The number of carbonyl (C=O) groups is 1. The van der Waals surface area contributed by atoms with Crippen molar-refractivity contribution in [2.45, 2.75) is 77.6 Å². The molecule has 0 aliphatic rings.